The van der Waals surface area contributed by atoms with Crippen molar-refractivity contribution in [3.05, 3.63) is 23.9 Å². The van der Waals surface area contributed by atoms with E-state index in [0.29, 0.717) is 11.8 Å². The SMILES string of the molecule is CCCC(C)CC(C)C(CC)Oc1ccc(C(F)(F)F)cn1. The Balaban J connectivity index is 2.65. The van der Waals surface area contributed by atoms with Crippen LogP contribution < -0.4 is 4.74 Å². The number of nitrogens with zero attached hydrogens (tertiary/aromatic N) is 1. The fourth-order valence-electron chi connectivity index (χ4n) is 2.77. The third kappa shape index (κ3) is 5.85. The zero-order chi connectivity index (χ0) is 16.8. The van der Waals surface area contributed by atoms with Gasteiger partial charge in [0.2, 0.25) is 5.88 Å². The lowest BCUT2D eigenvalue weighted by molar-refractivity contribution is -0.137. The third-order valence-electron chi connectivity index (χ3n) is 3.93. The molecule has 0 amide bonds. The molecule has 0 aromatic carbocycles. The van der Waals surface area contributed by atoms with Gasteiger partial charge in [0.05, 0.1) is 5.56 Å². The first kappa shape index (κ1) is 18.8. The quantitative estimate of drug-likeness (QED) is 0.611. The predicted molar refractivity (Wildman–Crippen MR) is 81.8 cm³/mol. The summed E-state index contributed by atoms with van der Waals surface area (Å²) < 4.78 is 43.3. The first-order valence-corrected chi connectivity index (χ1v) is 7.97. The number of ether oxygens (including phenoxy) is 1. The van der Waals surface area contributed by atoms with E-state index < -0.39 is 11.7 Å². The molecule has 0 spiro atoms. The molecule has 0 saturated heterocycles. The maximum Gasteiger partial charge on any atom is 0.417 e. The van der Waals surface area contributed by atoms with E-state index in [9.17, 15) is 13.2 Å². The minimum atomic E-state index is -4.36. The van der Waals surface area contributed by atoms with Crippen molar-refractivity contribution >= 4 is 0 Å². The second kappa shape index (κ2) is 8.39. The molecule has 1 rings (SSSR count). The normalized spacial score (nSPS) is 16.1. The van der Waals surface area contributed by atoms with Crippen LogP contribution in [0.25, 0.3) is 0 Å². The van der Waals surface area contributed by atoms with E-state index in [1.54, 1.807) is 0 Å². The van der Waals surface area contributed by atoms with Crippen LogP contribution in [0.1, 0.15) is 58.9 Å². The summed E-state index contributed by atoms with van der Waals surface area (Å²) in [6.45, 7) is 8.55. The number of rotatable bonds is 8. The number of pyridine rings is 1. The van der Waals surface area contributed by atoms with E-state index in [1.807, 2.05) is 6.92 Å². The smallest absolute Gasteiger partial charge is 0.417 e. The van der Waals surface area contributed by atoms with Gasteiger partial charge in [-0.2, -0.15) is 13.2 Å². The van der Waals surface area contributed by atoms with Gasteiger partial charge in [0, 0.05) is 12.3 Å². The van der Waals surface area contributed by atoms with Crippen LogP contribution in [0.2, 0.25) is 0 Å². The second-order valence-corrected chi connectivity index (χ2v) is 6.05. The van der Waals surface area contributed by atoms with Gasteiger partial charge in [-0.3, -0.25) is 0 Å². The second-order valence-electron chi connectivity index (χ2n) is 6.05. The standard InChI is InChI=1S/C17H26F3NO/c1-5-7-12(3)10-13(4)15(6-2)22-16-9-8-14(11-21-16)17(18,19)20/h8-9,11-13,15H,5-7,10H2,1-4H3. The van der Waals surface area contributed by atoms with Gasteiger partial charge in [0.1, 0.15) is 6.10 Å². The highest BCUT2D eigenvalue weighted by molar-refractivity contribution is 5.20. The van der Waals surface area contributed by atoms with Crippen molar-refractivity contribution in [2.75, 3.05) is 0 Å². The molecule has 2 nitrogen and oxygen atoms in total. The van der Waals surface area contributed by atoms with Crippen molar-refractivity contribution in [2.45, 2.75) is 65.7 Å². The van der Waals surface area contributed by atoms with Crippen LogP contribution in [-0.4, -0.2) is 11.1 Å². The van der Waals surface area contributed by atoms with Crippen molar-refractivity contribution in [3.63, 3.8) is 0 Å². The van der Waals surface area contributed by atoms with Gasteiger partial charge in [0.15, 0.2) is 0 Å². The number of aromatic nitrogens is 1. The minimum absolute atomic E-state index is 0.0245. The van der Waals surface area contributed by atoms with E-state index >= 15 is 0 Å². The number of hydrogen-bond donors (Lipinski definition) is 0. The van der Waals surface area contributed by atoms with Crippen LogP contribution in [0.5, 0.6) is 5.88 Å². The fourth-order valence-corrected chi connectivity index (χ4v) is 2.77. The molecule has 0 aliphatic carbocycles. The Labute approximate surface area is 131 Å². The number of halogens is 3. The van der Waals surface area contributed by atoms with Crippen LogP contribution in [0.3, 0.4) is 0 Å². The van der Waals surface area contributed by atoms with Gasteiger partial charge >= 0.3 is 6.18 Å². The summed E-state index contributed by atoms with van der Waals surface area (Å²) in [5.74, 6) is 1.23. The molecule has 22 heavy (non-hydrogen) atoms. The van der Waals surface area contributed by atoms with Crippen molar-refractivity contribution < 1.29 is 17.9 Å². The van der Waals surface area contributed by atoms with Crippen LogP contribution >= 0.6 is 0 Å². The van der Waals surface area contributed by atoms with E-state index in [2.05, 4.69) is 25.8 Å². The predicted octanol–water partition coefficient (Wildman–Crippen LogP) is 5.72. The molecule has 3 unspecified atom stereocenters. The Bertz CT molecular complexity index is 431. The summed E-state index contributed by atoms with van der Waals surface area (Å²) in [5, 5.41) is 0. The van der Waals surface area contributed by atoms with Gasteiger partial charge in [-0.25, -0.2) is 4.98 Å². The Morgan fingerprint density at radius 1 is 1.18 bits per heavy atom. The summed E-state index contributed by atoms with van der Waals surface area (Å²) in [7, 11) is 0. The summed E-state index contributed by atoms with van der Waals surface area (Å²) in [5.41, 5.74) is -0.752. The molecule has 5 heteroatoms. The summed E-state index contributed by atoms with van der Waals surface area (Å²) in [6, 6.07) is 2.31. The Morgan fingerprint density at radius 3 is 2.32 bits per heavy atom. The third-order valence-corrected chi connectivity index (χ3v) is 3.93. The van der Waals surface area contributed by atoms with Gasteiger partial charge in [0.25, 0.3) is 0 Å². The van der Waals surface area contributed by atoms with Gasteiger partial charge < -0.3 is 4.74 Å². The topological polar surface area (TPSA) is 22.1 Å². The lowest BCUT2D eigenvalue weighted by Crippen LogP contribution is -2.26. The molecule has 0 aliphatic heterocycles. The van der Waals surface area contributed by atoms with Crippen LogP contribution in [0.15, 0.2) is 18.3 Å². The van der Waals surface area contributed by atoms with Gasteiger partial charge in [-0.05, 0) is 30.7 Å². The van der Waals surface area contributed by atoms with Crippen molar-refractivity contribution in [1.82, 2.24) is 4.98 Å². The molecular formula is C17H26F3NO. The van der Waals surface area contributed by atoms with E-state index in [1.165, 1.54) is 12.5 Å². The molecule has 3 atom stereocenters. The van der Waals surface area contributed by atoms with E-state index in [0.717, 1.165) is 31.5 Å². The van der Waals surface area contributed by atoms with Gasteiger partial charge in [-0.1, -0.05) is 40.5 Å². The first-order chi connectivity index (χ1) is 10.3. The largest absolute Gasteiger partial charge is 0.474 e. The minimum Gasteiger partial charge on any atom is -0.474 e. The maximum atomic E-state index is 12.5. The van der Waals surface area contributed by atoms with Crippen LogP contribution in [0, 0.1) is 11.8 Å². The average molecular weight is 317 g/mol. The van der Waals surface area contributed by atoms with Crippen molar-refractivity contribution in [1.29, 1.82) is 0 Å². The molecule has 0 radical (unpaired) electrons. The molecule has 1 aromatic heterocycles. The maximum absolute atomic E-state index is 12.5. The highest BCUT2D eigenvalue weighted by Crippen LogP contribution is 2.30. The average Bonchev–Trinajstić information content (AvgIpc) is 2.44. The zero-order valence-corrected chi connectivity index (χ0v) is 13.8. The molecule has 1 aromatic rings. The summed E-state index contributed by atoms with van der Waals surface area (Å²) >= 11 is 0. The Hall–Kier alpha value is -1.26. The lowest BCUT2D eigenvalue weighted by atomic mass is 9.89. The highest BCUT2D eigenvalue weighted by Gasteiger charge is 2.31. The monoisotopic (exact) mass is 317 g/mol. The lowest BCUT2D eigenvalue weighted by Gasteiger charge is -2.26. The van der Waals surface area contributed by atoms with E-state index in [4.69, 9.17) is 4.74 Å². The van der Waals surface area contributed by atoms with Crippen molar-refractivity contribution in [3.8, 4) is 5.88 Å². The van der Waals surface area contributed by atoms with Crippen LogP contribution in [-0.2, 0) is 6.18 Å². The van der Waals surface area contributed by atoms with E-state index in [-0.39, 0.29) is 12.0 Å². The molecule has 0 bridgehead atoms. The molecule has 1 heterocycles. The molecule has 126 valence electrons. The summed E-state index contributed by atoms with van der Waals surface area (Å²) in [6.07, 6.45) is 0.634. The fraction of sp³-hybridized carbons (Fsp3) is 0.706. The van der Waals surface area contributed by atoms with Gasteiger partial charge in [-0.15, -0.1) is 0 Å². The Morgan fingerprint density at radius 2 is 1.86 bits per heavy atom. The molecule has 0 aliphatic rings. The number of hydrogen-bond acceptors (Lipinski definition) is 2. The Kier molecular flexibility index (Phi) is 7.17. The number of alkyl halides is 3. The van der Waals surface area contributed by atoms with Crippen LogP contribution in [0.4, 0.5) is 13.2 Å². The zero-order valence-electron chi connectivity index (χ0n) is 13.8. The summed E-state index contributed by atoms with van der Waals surface area (Å²) in [4.78, 5) is 3.79. The molecule has 0 N–H and O–H groups in total. The molecule has 0 fully saturated rings. The first-order valence-electron chi connectivity index (χ1n) is 7.97. The van der Waals surface area contributed by atoms with Crippen molar-refractivity contribution in [2.24, 2.45) is 11.8 Å². The highest BCUT2D eigenvalue weighted by atomic mass is 19.4. The molecular weight excluding hydrogens is 291 g/mol. The molecule has 0 saturated carbocycles.